The Balaban J connectivity index is 1.82. The summed E-state index contributed by atoms with van der Waals surface area (Å²) in [5, 5.41) is 17.0. The molecule has 0 saturated carbocycles. The van der Waals surface area contributed by atoms with E-state index in [1.54, 1.807) is 8.17 Å². The maximum Gasteiger partial charge on any atom is 0.120 e. The molecular weight excluding hydrogens is 308 g/mol. The third-order valence-corrected chi connectivity index (χ3v) is 5.06. The lowest BCUT2D eigenvalue weighted by molar-refractivity contribution is 0.866. The summed E-state index contributed by atoms with van der Waals surface area (Å²) in [4.78, 5) is 0. The molecule has 0 fully saturated rings. The molecule has 0 spiro atoms. The minimum atomic E-state index is 0.886. The van der Waals surface area contributed by atoms with E-state index in [1.165, 1.54) is 34.4 Å². The summed E-state index contributed by atoms with van der Waals surface area (Å²) < 4.78 is 3.57. The Labute approximate surface area is 137 Å². The fraction of sp³-hybridized carbons (Fsp3) is 0.250. The first-order valence-electron chi connectivity index (χ1n) is 7.37. The van der Waals surface area contributed by atoms with Gasteiger partial charge in [-0.05, 0) is 74.2 Å². The zero-order valence-corrected chi connectivity index (χ0v) is 14.2. The molecule has 4 aromatic rings. The summed E-state index contributed by atoms with van der Waals surface area (Å²) in [6.07, 6.45) is 0. The van der Waals surface area contributed by atoms with Crippen molar-refractivity contribution in [1.29, 1.82) is 0 Å². The molecule has 2 aromatic heterocycles. The van der Waals surface area contributed by atoms with Crippen molar-refractivity contribution < 1.29 is 0 Å². The summed E-state index contributed by atoms with van der Waals surface area (Å²) in [5.41, 5.74) is 8.59. The lowest BCUT2D eigenvalue weighted by Gasteiger charge is -2.04. The van der Waals surface area contributed by atoms with Gasteiger partial charge in [0.2, 0.25) is 0 Å². The van der Waals surface area contributed by atoms with Crippen LogP contribution in [0.2, 0.25) is 0 Å². The number of hydrogen-bond donors (Lipinski definition) is 0. The van der Waals surface area contributed by atoms with Gasteiger partial charge in [-0.25, -0.2) is 0 Å². The zero-order valence-electron chi connectivity index (χ0n) is 13.4. The van der Waals surface area contributed by atoms with Crippen LogP contribution in [0.5, 0.6) is 0 Å². The topological polar surface area (TPSA) is 61.4 Å². The number of aryl methyl sites for hydroxylation is 4. The SMILES string of the molecule is Cc1cc2nnn(Sn3nnc4cc(C)c(C)cc43)c2cc1C. The van der Waals surface area contributed by atoms with Crippen LogP contribution in [0, 0.1) is 27.7 Å². The molecule has 0 bridgehead atoms. The Morgan fingerprint density at radius 1 is 0.652 bits per heavy atom. The molecule has 23 heavy (non-hydrogen) atoms. The van der Waals surface area contributed by atoms with Gasteiger partial charge < -0.3 is 0 Å². The van der Waals surface area contributed by atoms with Gasteiger partial charge in [0.1, 0.15) is 34.2 Å². The molecule has 0 unspecified atom stereocenters. The van der Waals surface area contributed by atoms with E-state index in [4.69, 9.17) is 0 Å². The number of nitrogens with zero attached hydrogens (tertiary/aromatic N) is 6. The predicted octanol–water partition coefficient (Wildman–Crippen LogP) is 3.37. The molecule has 0 aliphatic rings. The highest BCUT2D eigenvalue weighted by Gasteiger charge is 2.12. The minimum Gasteiger partial charge on any atom is -0.164 e. The van der Waals surface area contributed by atoms with Gasteiger partial charge >= 0.3 is 0 Å². The molecule has 0 radical (unpaired) electrons. The van der Waals surface area contributed by atoms with E-state index < -0.39 is 0 Å². The van der Waals surface area contributed by atoms with E-state index in [9.17, 15) is 0 Å². The Hall–Kier alpha value is -2.41. The third kappa shape index (κ3) is 2.28. The third-order valence-electron chi connectivity index (χ3n) is 4.22. The van der Waals surface area contributed by atoms with Crippen molar-refractivity contribution in [2.45, 2.75) is 27.7 Å². The smallest absolute Gasteiger partial charge is 0.120 e. The molecule has 4 rings (SSSR count). The lowest BCUT2D eigenvalue weighted by Crippen LogP contribution is -1.99. The van der Waals surface area contributed by atoms with E-state index in [0.29, 0.717) is 0 Å². The lowest BCUT2D eigenvalue weighted by atomic mass is 10.1. The number of fused-ring (bicyclic) bond motifs is 2. The van der Waals surface area contributed by atoms with E-state index in [1.807, 2.05) is 0 Å². The van der Waals surface area contributed by atoms with Crippen LogP contribution in [0.15, 0.2) is 24.3 Å². The van der Waals surface area contributed by atoms with Crippen LogP contribution in [0.3, 0.4) is 0 Å². The van der Waals surface area contributed by atoms with Gasteiger partial charge in [0.25, 0.3) is 0 Å². The fourth-order valence-electron chi connectivity index (χ4n) is 2.51. The Bertz CT molecular complexity index is 962. The van der Waals surface area contributed by atoms with Crippen molar-refractivity contribution in [1.82, 2.24) is 28.8 Å². The van der Waals surface area contributed by atoms with Crippen LogP contribution in [-0.4, -0.2) is 28.8 Å². The molecule has 0 atom stereocenters. The minimum absolute atomic E-state index is 0.886. The summed E-state index contributed by atoms with van der Waals surface area (Å²) in [6, 6.07) is 8.32. The second-order valence-electron chi connectivity index (χ2n) is 5.86. The monoisotopic (exact) mass is 324 g/mol. The van der Waals surface area contributed by atoms with E-state index in [0.717, 1.165) is 22.1 Å². The van der Waals surface area contributed by atoms with Gasteiger partial charge in [-0.2, -0.15) is 8.17 Å². The zero-order chi connectivity index (χ0) is 16.1. The predicted molar refractivity (Wildman–Crippen MR) is 92.4 cm³/mol. The molecule has 0 aliphatic heterocycles. The number of benzene rings is 2. The van der Waals surface area contributed by atoms with Gasteiger partial charge in [-0.15, -0.1) is 10.2 Å². The normalized spacial score (nSPS) is 11.7. The van der Waals surface area contributed by atoms with Crippen molar-refractivity contribution >= 4 is 34.2 Å². The van der Waals surface area contributed by atoms with Gasteiger partial charge in [0, 0.05) is 0 Å². The molecular formula is C16H16N6S. The van der Waals surface area contributed by atoms with Crippen LogP contribution in [0.1, 0.15) is 22.3 Å². The molecule has 0 aliphatic carbocycles. The molecule has 7 heteroatoms. The Kier molecular flexibility index (Phi) is 3.12. The van der Waals surface area contributed by atoms with Crippen LogP contribution in [0.4, 0.5) is 0 Å². The van der Waals surface area contributed by atoms with Gasteiger partial charge in [0.15, 0.2) is 0 Å². The first-order chi connectivity index (χ1) is 11.0. The second kappa shape index (κ2) is 5.06. The average Bonchev–Trinajstić information content (AvgIpc) is 3.07. The van der Waals surface area contributed by atoms with Crippen LogP contribution < -0.4 is 0 Å². The van der Waals surface area contributed by atoms with Crippen LogP contribution in [0.25, 0.3) is 22.1 Å². The fourth-order valence-corrected chi connectivity index (χ4v) is 3.26. The average molecular weight is 324 g/mol. The second-order valence-corrected chi connectivity index (χ2v) is 6.71. The molecule has 6 nitrogen and oxygen atoms in total. The quantitative estimate of drug-likeness (QED) is 0.566. The Morgan fingerprint density at radius 3 is 1.48 bits per heavy atom. The summed E-state index contributed by atoms with van der Waals surface area (Å²) in [7, 11) is 0. The van der Waals surface area contributed by atoms with Gasteiger partial charge in [0.05, 0.1) is 0 Å². The maximum absolute atomic E-state index is 4.24. The number of hydrogen-bond acceptors (Lipinski definition) is 5. The molecule has 0 saturated heterocycles. The standard InChI is InChI=1S/C16H16N6S/c1-9-5-13-15(7-11(9)3)21(19-17-13)23-22-16-8-12(4)10(2)6-14(16)18-20-22/h5-8H,1-4H3. The van der Waals surface area contributed by atoms with Gasteiger partial charge in [-0.3, -0.25) is 0 Å². The highest BCUT2D eigenvalue weighted by Crippen LogP contribution is 2.24. The van der Waals surface area contributed by atoms with Crippen LogP contribution in [-0.2, 0) is 0 Å². The number of rotatable bonds is 2. The van der Waals surface area contributed by atoms with E-state index >= 15 is 0 Å². The van der Waals surface area contributed by atoms with Crippen molar-refractivity contribution in [2.24, 2.45) is 0 Å². The number of aromatic nitrogens is 6. The van der Waals surface area contributed by atoms with Crippen LogP contribution >= 0.6 is 12.1 Å². The molecule has 2 heterocycles. The largest absolute Gasteiger partial charge is 0.164 e. The molecule has 2 aromatic carbocycles. The first kappa shape index (κ1) is 14.2. The molecule has 0 N–H and O–H groups in total. The van der Waals surface area contributed by atoms with E-state index in [2.05, 4.69) is 72.6 Å². The van der Waals surface area contributed by atoms with Gasteiger partial charge in [-0.1, -0.05) is 10.4 Å². The van der Waals surface area contributed by atoms with Crippen molar-refractivity contribution in [3.8, 4) is 0 Å². The highest BCUT2D eigenvalue weighted by molar-refractivity contribution is 7.96. The summed E-state index contributed by atoms with van der Waals surface area (Å²) >= 11 is 1.38. The summed E-state index contributed by atoms with van der Waals surface area (Å²) in [6.45, 7) is 8.34. The first-order valence-corrected chi connectivity index (χ1v) is 8.10. The molecule has 0 amide bonds. The van der Waals surface area contributed by atoms with Crippen molar-refractivity contribution in [3.05, 3.63) is 46.5 Å². The van der Waals surface area contributed by atoms with Crippen molar-refractivity contribution in [3.63, 3.8) is 0 Å². The highest BCUT2D eigenvalue weighted by atomic mass is 32.2. The molecule has 116 valence electrons. The maximum atomic E-state index is 4.24. The van der Waals surface area contributed by atoms with Crippen molar-refractivity contribution in [2.75, 3.05) is 0 Å². The summed E-state index contributed by atoms with van der Waals surface area (Å²) in [5.74, 6) is 0. The Morgan fingerprint density at radius 2 is 1.04 bits per heavy atom. The van der Waals surface area contributed by atoms with E-state index in [-0.39, 0.29) is 0 Å².